The van der Waals surface area contributed by atoms with E-state index in [-0.39, 0.29) is 0 Å². The molecule has 0 bridgehead atoms. The quantitative estimate of drug-likeness (QED) is 0.178. The molecule has 46 heavy (non-hydrogen) atoms. The lowest BCUT2D eigenvalue weighted by Gasteiger charge is -2.11. The molecule has 0 aliphatic carbocycles. The molecule has 0 saturated heterocycles. The summed E-state index contributed by atoms with van der Waals surface area (Å²) in [5, 5.41) is 10.6. The van der Waals surface area contributed by atoms with Crippen LogP contribution in [0.3, 0.4) is 0 Å². The van der Waals surface area contributed by atoms with Gasteiger partial charge in [-0.1, -0.05) is 91.0 Å². The Kier molecular flexibility index (Phi) is 5.08. The third-order valence-electron chi connectivity index (χ3n) is 9.60. The van der Waals surface area contributed by atoms with Crippen LogP contribution < -0.4 is 0 Å². The average molecular weight is 638 g/mol. The molecule has 0 amide bonds. The minimum Gasteiger partial charge on any atom is -0.309 e. The van der Waals surface area contributed by atoms with Gasteiger partial charge in [-0.3, -0.25) is 0 Å². The fraction of sp³-hybridized carbons (Fsp3) is 0. The van der Waals surface area contributed by atoms with Crippen molar-refractivity contribution in [3.63, 3.8) is 0 Å². The second-order valence-electron chi connectivity index (χ2n) is 12.1. The molecule has 0 radical (unpaired) electrons. The summed E-state index contributed by atoms with van der Waals surface area (Å²) in [5.74, 6) is 0. The van der Waals surface area contributed by atoms with E-state index < -0.39 is 0 Å². The molecule has 4 heteroatoms. The van der Waals surface area contributed by atoms with Gasteiger partial charge < -0.3 is 4.57 Å². The predicted octanol–water partition coefficient (Wildman–Crippen LogP) is 13.6. The maximum Gasteiger partial charge on any atom is 0.0555 e. The number of thiophene rings is 3. The van der Waals surface area contributed by atoms with Crippen molar-refractivity contribution in [2.45, 2.75) is 0 Å². The number of benzene rings is 7. The average Bonchev–Trinajstić information content (AvgIpc) is 3.85. The van der Waals surface area contributed by atoms with Gasteiger partial charge in [0.05, 0.1) is 16.7 Å². The van der Waals surface area contributed by atoms with Gasteiger partial charge in [0, 0.05) is 71.3 Å². The van der Waals surface area contributed by atoms with Crippen LogP contribution in [0, 0.1) is 0 Å². The first kappa shape index (κ1) is 25.2. The van der Waals surface area contributed by atoms with E-state index in [1.807, 2.05) is 34.0 Å². The van der Waals surface area contributed by atoms with Gasteiger partial charge in [-0.15, -0.1) is 34.0 Å². The van der Waals surface area contributed by atoms with Gasteiger partial charge in [0.15, 0.2) is 0 Å². The van der Waals surface area contributed by atoms with E-state index in [0.29, 0.717) is 0 Å². The van der Waals surface area contributed by atoms with Gasteiger partial charge in [-0.2, -0.15) is 0 Å². The lowest BCUT2D eigenvalue weighted by atomic mass is 10.0. The van der Waals surface area contributed by atoms with Crippen LogP contribution in [0.25, 0.3) is 99.1 Å². The molecular formula is C42H23NS3. The molecule has 0 unspecified atom stereocenters. The number of nitrogens with zero attached hydrogens (tertiary/aromatic N) is 1. The summed E-state index contributed by atoms with van der Waals surface area (Å²) < 4.78 is 10.5. The number of hydrogen-bond donors (Lipinski definition) is 0. The van der Waals surface area contributed by atoms with Crippen molar-refractivity contribution < 1.29 is 0 Å². The third kappa shape index (κ3) is 3.38. The normalized spacial score (nSPS) is 12.3. The molecule has 0 fully saturated rings. The van der Waals surface area contributed by atoms with Gasteiger partial charge in [-0.25, -0.2) is 0 Å². The van der Waals surface area contributed by atoms with Crippen LogP contribution in [0.5, 0.6) is 0 Å². The first-order valence-electron chi connectivity index (χ1n) is 15.5. The lowest BCUT2D eigenvalue weighted by Crippen LogP contribution is -1.94. The monoisotopic (exact) mass is 637 g/mol. The largest absolute Gasteiger partial charge is 0.309 e. The zero-order valence-electron chi connectivity index (χ0n) is 24.5. The summed E-state index contributed by atoms with van der Waals surface area (Å²) in [7, 11) is 0. The van der Waals surface area contributed by atoms with E-state index in [1.165, 1.54) is 99.1 Å². The van der Waals surface area contributed by atoms with Crippen molar-refractivity contribution in [3.05, 3.63) is 140 Å². The number of para-hydroxylation sites is 1. The summed E-state index contributed by atoms with van der Waals surface area (Å²) >= 11 is 5.69. The highest BCUT2D eigenvalue weighted by Crippen LogP contribution is 2.46. The Bertz CT molecular complexity index is 3040. The van der Waals surface area contributed by atoms with Gasteiger partial charge in [0.2, 0.25) is 0 Å². The van der Waals surface area contributed by atoms with Crippen LogP contribution in [0.4, 0.5) is 0 Å². The fourth-order valence-corrected chi connectivity index (χ4v) is 11.1. The third-order valence-corrected chi connectivity index (χ3v) is 13.1. The van der Waals surface area contributed by atoms with Gasteiger partial charge in [0.25, 0.3) is 0 Å². The van der Waals surface area contributed by atoms with Crippen molar-refractivity contribution >= 4 is 116 Å². The van der Waals surface area contributed by atoms with Crippen molar-refractivity contribution in [2.24, 2.45) is 0 Å². The molecule has 11 rings (SSSR count). The fourth-order valence-electron chi connectivity index (χ4n) is 7.58. The Morgan fingerprint density at radius 3 is 1.93 bits per heavy atom. The molecule has 7 aromatic carbocycles. The highest BCUT2D eigenvalue weighted by Gasteiger charge is 2.19. The smallest absolute Gasteiger partial charge is 0.0555 e. The molecule has 0 N–H and O–H groups in total. The summed E-state index contributed by atoms with van der Waals surface area (Å²) in [6, 6.07) is 52.0. The van der Waals surface area contributed by atoms with E-state index in [4.69, 9.17) is 0 Å². The Hall–Kier alpha value is -5.00. The summed E-state index contributed by atoms with van der Waals surface area (Å²) in [4.78, 5) is 0. The minimum atomic E-state index is 1.24. The Morgan fingerprint density at radius 2 is 1.04 bits per heavy atom. The minimum absolute atomic E-state index is 1.24. The van der Waals surface area contributed by atoms with E-state index in [9.17, 15) is 0 Å². The Labute approximate surface area is 275 Å². The van der Waals surface area contributed by atoms with E-state index in [1.54, 1.807) is 0 Å². The highest BCUT2D eigenvalue weighted by molar-refractivity contribution is 7.27. The zero-order valence-corrected chi connectivity index (χ0v) is 26.9. The maximum atomic E-state index is 2.51. The number of rotatable bonds is 2. The summed E-state index contributed by atoms with van der Waals surface area (Å²) in [6.45, 7) is 0. The van der Waals surface area contributed by atoms with Crippen molar-refractivity contribution in [1.29, 1.82) is 0 Å². The standard InChI is InChI=1S/C42H23NS3/c1-4-14-33-26(9-1)31-23-40-32(28-11-3-5-16-36(28)44-40)22-35(31)43(33)34-15-8-18-38-41(34)30-20-19-24(21-39(30)45-38)25-12-7-13-29-27-10-2-6-17-37(27)46-42(25)29/h1-23H. The van der Waals surface area contributed by atoms with Gasteiger partial charge >= 0.3 is 0 Å². The number of fused-ring (bicyclic) bond motifs is 12. The van der Waals surface area contributed by atoms with Gasteiger partial charge in [-0.05, 0) is 59.7 Å². The zero-order chi connectivity index (χ0) is 29.9. The van der Waals surface area contributed by atoms with Crippen molar-refractivity contribution in [1.82, 2.24) is 4.57 Å². The molecule has 0 atom stereocenters. The van der Waals surface area contributed by atoms with Crippen LogP contribution in [-0.2, 0) is 0 Å². The second-order valence-corrected chi connectivity index (χ2v) is 15.3. The molecule has 0 saturated carbocycles. The summed E-state index contributed by atoms with van der Waals surface area (Å²) in [6.07, 6.45) is 0. The van der Waals surface area contributed by atoms with Crippen molar-refractivity contribution in [3.8, 4) is 16.8 Å². The van der Waals surface area contributed by atoms with Crippen molar-refractivity contribution in [2.75, 3.05) is 0 Å². The molecule has 11 aromatic rings. The van der Waals surface area contributed by atoms with Crippen LogP contribution in [0.1, 0.15) is 0 Å². The van der Waals surface area contributed by atoms with E-state index in [2.05, 4.69) is 144 Å². The molecule has 0 aliphatic heterocycles. The Balaban J connectivity index is 1.18. The van der Waals surface area contributed by atoms with Crippen LogP contribution >= 0.6 is 34.0 Å². The Morgan fingerprint density at radius 1 is 0.370 bits per heavy atom. The maximum absolute atomic E-state index is 2.51. The molecular weight excluding hydrogens is 615 g/mol. The van der Waals surface area contributed by atoms with Crippen LogP contribution in [-0.4, -0.2) is 4.57 Å². The predicted molar refractivity (Wildman–Crippen MR) is 205 cm³/mol. The molecule has 0 spiro atoms. The van der Waals surface area contributed by atoms with Crippen LogP contribution in [0.2, 0.25) is 0 Å². The van der Waals surface area contributed by atoms with E-state index in [0.717, 1.165) is 0 Å². The topological polar surface area (TPSA) is 4.93 Å². The highest BCUT2D eigenvalue weighted by atomic mass is 32.1. The molecule has 214 valence electrons. The lowest BCUT2D eigenvalue weighted by molar-refractivity contribution is 1.20. The van der Waals surface area contributed by atoms with Crippen LogP contribution in [0.15, 0.2) is 140 Å². The van der Waals surface area contributed by atoms with E-state index >= 15 is 0 Å². The number of hydrogen-bond acceptors (Lipinski definition) is 3. The molecule has 4 heterocycles. The molecule has 1 nitrogen and oxygen atoms in total. The first-order chi connectivity index (χ1) is 22.8. The second kappa shape index (κ2) is 9.27. The number of aromatic nitrogens is 1. The first-order valence-corrected chi connectivity index (χ1v) is 18.0. The SMILES string of the molecule is c1ccc2c(c1)sc1cc3c4ccccc4n(-c4cccc5sc6cc(-c7cccc8c7sc7ccccc78)ccc6c45)c3cc12. The summed E-state index contributed by atoms with van der Waals surface area (Å²) in [5.41, 5.74) is 6.35. The molecule has 4 aromatic heterocycles. The molecule has 0 aliphatic rings. The van der Waals surface area contributed by atoms with Gasteiger partial charge in [0.1, 0.15) is 0 Å².